The molecule has 0 atom stereocenters. The van der Waals surface area contributed by atoms with Gasteiger partial charge >= 0.3 is 0 Å². The molecule has 0 aromatic heterocycles. The molecule has 0 saturated heterocycles. The number of hydrogen-bond acceptors (Lipinski definition) is 5. The molecule has 6 heteroatoms. The number of hydrogen-bond donors (Lipinski definition) is 1. The first-order valence-corrected chi connectivity index (χ1v) is 8.54. The topological polar surface area (TPSA) is 69.2 Å². The quantitative estimate of drug-likeness (QED) is 0.548. The second-order valence-electron chi connectivity index (χ2n) is 5.50. The molecule has 0 spiro atoms. The van der Waals surface area contributed by atoms with Crippen molar-refractivity contribution in [2.45, 2.75) is 20.8 Å². The predicted octanol–water partition coefficient (Wildman–Crippen LogP) is 3.78. The van der Waals surface area contributed by atoms with E-state index in [9.17, 15) is 4.79 Å². The van der Waals surface area contributed by atoms with E-state index in [2.05, 4.69) is 10.5 Å². The molecule has 2 aromatic rings. The molecule has 0 fully saturated rings. The number of amides is 1. The highest BCUT2D eigenvalue weighted by Gasteiger charge is 2.06. The molecule has 0 saturated carbocycles. The third-order valence-corrected chi connectivity index (χ3v) is 3.34. The lowest BCUT2D eigenvalue weighted by Gasteiger charge is -2.11. The first-order chi connectivity index (χ1) is 12.6. The molecule has 0 radical (unpaired) electrons. The fourth-order valence-electron chi connectivity index (χ4n) is 2.26. The van der Waals surface area contributed by atoms with Crippen LogP contribution in [-0.2, 0) is 9.63 Å². The van der Waals surface area contributed by atoms with E-state index in [-0.39, 0.29) is 12.5 Å². The molecule has 0 bridgehead atoms. The monoisotopic (exact) mass is 356 g/mol. The standard InChI is InChI=1S/C20H24N2O4/c1-4-24-18-10-9-16(12-19(18)25-5-2)13-21-26-14-20(23)22-17-8-6-7-15(3)11-17/h6-13H,4-5,14H2,1-3H3,(H,22,23)/b21-13+. The van der Waals surface area contributed by atoms with E-state index in [1.807, 2.05) is 63.2 Å². The van der Waals surface area contributed by atoms with Crippen LogP contribution >= 0.6 is 0 Å². The van der Waals surface area contributed by atoms with Gasteiger partial charge in [-0.25, -0.2) is 0 Å². The van der Waals surface area contributed by atoms with Crippen LogP contribution in [-0.4, -0.2) is 31.9 Å². The van der Waals surface area contributed by atoms with Crippen molar-refractivity contribution in [1.82, 2.24) is 0 Å². The number of aryl methyl sites for hydroxylation is 1. The fraction of sp³-hybridized carbons (Fsp3) is 0.300. The van der Waals surface area contributed by atoms with E-state index in [4.69, 9.17) is 14.3 Å². The Kier molecular flexibility index (Phi) is 7.49. The summed E-state index contributed by atoms with van der Waals surface area (Å²) in [6.45, 7) is 6.72. The zero-order valence-electron chi connectivity index (χ0n) is 15.3. The second kappa shape index (κ2) is 10.1. The maximum Gasteiger partial charge on any atom is 0.265 e. The lowest BCUT2D eigenvalue weighted by molar-refractivity contribution is -0.120. The normalized spacial score (nSPS) is 10.6. The number of carbonyl (C=O) groups is 1. The molecule has 1 N–H and O–H groups in total. The Balaban J connectivity index is 1.87. The third kappa shape index (κ3) is 6.12. The number of benzene rings is 2. The number of carbonyl (C=O) groups excluding carboxylic acids is 1. The van der Waals surface area contributed by atoms with Crippen molar-refractivity contribution in [3.05, 3.63) is 53.6 Å². The predicted molar refractivity (Wildman–Crippen MR) is 102 cm³/mol. The van der Waals surface area contributed by atoms with Gasteiger partial charge in [0.1, 0.15) is 0 Å². The summed E-state index contributed by atoms with van der Waals surface area (Å²) < 4.78 is 11.1. The van der Waals surface area contributed by atoms with E-state index in [1.165, 1.54) is 6.21 Å². The smallest absolute Gasteiger partial charge is 0.265 e. The highest BCUT2D eigenvalue weighted by molar-refractivity contribution is 5.91. The van der Waals surface area contributed by atoms with Crippen molar-refractivity contribution in [3.63, 3.8) is 0 Å². The van der Waals surface area contributed by atoms with Gasteiger partial charge in [0.25, 0.3) is 5.91 Å². The zero-order chi connectivity index (χ0) is 18.8. The van der Waals surface area contributed by atoms with Crippen LogP contribution in [0.3, 0.4) is 0 Å². The molecule has 6 nitrogen and oxygen atoms in total. The van der Waals surface area contributed by atoms with Crippen molar-refractivity contribution in [1.29, 1.82) is 0 Å². The second-order valence-corrected chi connectivity index (χ2v) is 5.50. The molecule has 1 amide bonds. The molecule has 2 aromatic carbocycles. The molecular formula is C20H24N2O4. The van der Waals surface area contributed by atoms with Crippen molar-refractivity contribution < 1.29 is 19.1 Å². The summed E-state index contributed by atoms with van der Waals surface area (Å²) in [5.74, 6) is 1.06. The molecule has 26 heavy (non-hydrogen) atoms. The van der Waals surface area contributed by atoms with Gasteiger partial charge in [-0.1, -0.05) is 17.3 Å². The van der Waals surface area contributed by atoms with Crippen LogP contribution < -0.4 is 14.8 Å². The maximum absolute atomic E-state index is 11.8. The summed E-state index contributed by atoms with van der Waals surface area (Å²) in [7, 11) is 0. The number of nitrogens with one attached hydrogen (secondary N) is 1. The van der Waals surface area contributed by atoms with E-state index < -0.39 is 0 Å². The van der Waals surface area contributed by atoms with E-state index in [0.717, 1.165) is 16.8 Å². The third-order valence-electron chi connectivity index (χ3n) is 3.34. The summed E-state index contributed by atoms with van der Waals surface area (Å²) in [5, 5.41) is 6.59. The summed E-state index contributed by atoms with van der Waals surface area (Å²) in [5.41, 5.74) is 2.59. The first kappa shape index (κ1) is 19.3. The number of rotatable bonds is 9. The van der Waals surface area contributed by atoms with Crippen LogP contribution in [0.15, 0.2) is 47.6 Å². The van der Waals surface area contributed by atoms with E-state index in [0.29, 0.717) is 24.7 Å². The Morgan fingerprint density at radius 1 is 1.08 bits per heavy atom. The Hall–Kier alpha value is -3.02. The van der Waals surface area contributed by atoms with Gasteiger partial charge in [0.15, 0.2) is 18.1 Å². The average Bonchev–Trinajstić information content (AvgIpc) is 2.61. The number of anilines is 1. The molecule has 2 rings (SSSR count). The Morgan fingerprint density at radius 3 is 2.58 bits per heavy atom. The Bertz CT molecular complexity index is 759. The number of oxime groups is 1. The lowest BCUT2D eigenvalue weighted by atomic mass is 10.2. The minimum atomic E-state index is -0.269. The van der Waals surface area contributed by atoms with Gasteiger partial charge in [0, 0.05) is 11.3 Å². The van der Waals surface area contributed by atoms with Gasteiger partial charge in [-0.05, 0) is 56.7 Å². The Morgan fingerprint density at radius 2 is 1.85 bits per heavy atom. The average molecular weight is 356 g/mol. The lowest BCUT2D eigenvalue weighted by Crippen LogP contribution is -2.16. The SMILES string of the molecule is CCOc1ccc(/C=N/OCC(=O)Nc2cccc(C)c2)cc1OCC. The van der Waals surface area contributed by atoms with E-state index >= 15 is 0 Å². The fourth-order valence-corrected chi connectivity index (χ4v) is 2.26. The van der Waals surface area contributed by atoms with Gasteiger partial charge in [-0.3, -0.25) is 4.79 Å². The van der Waals surface area contributed by atoms with Crippen molar-refractivity contribution in [2.24, 2.45) is 5.16 Å². The molecule has 0 unspecified atom stereocenters. The largest absolute Gasteiger partial charge is 0.490 e. The van der Waals surface area contributed by atoms with Crippen LogP contribution in [0.4, 0.5) is 5.69 Å². The molecular weight excluding hydrogens is 332 g/mol. The van der Waals surface area contributed by atoms with Crippen LogP contribution in [0.5, 0.6) is 11.5 Å². The minimum Gasteiger partial charge on any atom is -0.490 e. The summed E-state index contributed by atoms with van der Waals surface area (Å²) in [6.07, 6.45) is 1.53. The van der Waals surface area contributed by atoms with Crippen molar-refractivity contribution in [3.8, 4) is 11.5 Å². The summed E-state index contributed by atoms with van der Waals surface area (Å²) >= 11 is 0. The molecule has 0 aliphatic rings. The van der Waals surface area contributed by atoms with Crippen LogP contribution in [0.2, 0.25) is 0 Å². The van der Waals surface area contributed by atoms with Crippen molar-refractivity contribution >= 4 is 17.8 Å². The Labute approximate surface area is 153 Å². The van der Waals surface area contributed by atoms with Crippen molar-refractivity contribution in [2.75, 3.05) is 25.1 Å². The highest BCUT2D eigenvalue weighted by atomic mass is 16.6. The maximum atomic E-state index is 11.8. The molecule has 138 valence electrons. The summed E-state index contributed by atoms with van der Waals surface area (Å²) in [6, 6.07) is 13.0. The highest BCUT2D eigenvalue weighted by Crippen LogP contribution is 2.28. The zero-order valence-corrected chi connectivity index (χ0v) is 15.3. The van der Waals surface area contributed by atoms with Crippen LogP contribution in [0, 0.1) is 6.92 Å². The molecule has 0 aliphatic heterocycles. The number of nitrogens with zero attached hydrogens (tertiary/aromatic N) is 1. The van der Waals surface area contributed by atoms with Gasteiger partial charge in [0.2, 0.25) is 0 Å². The van der Waals surface area contributed by atoms with E-state index in [1.54, 1.807) is 0 Å². The van der Waals surface area contributed by atoms with Crippen LogP contribution in [0.25, 0.3) is 0 Å². The summed E-state index contributed by atoms with van der Waals surface area (Å²) in [4.78, 5) is 16.9. The first-order valence-electron chi connectivity index (χ1n) is 8.54. The van der Waals surface area contributed by atoms with Gasteiger partial charge in [-0.15, -0.1) is 0 Å². The van der Waals surface area contributed by atoms with Gasteiger partial charge < -0.3 is 19.6 Å². The molecule has 0 heterocycles. The minimum absolute atomic E-state index is 0.167. The number of ether oxygens (including phenoxy) is 2. The van der Waals surface area contributed by atoms with Crippen LogP contribution in [0.1, 0.15) is 25.0 Å². The van der Waals surface area contributed by atoms with Gasteiger partial charge in [-0.2, -0.15) is 0 Å². The molecule has 0 aliphatic carbocycles. The van der Waals surface area contributed by atoms with Gasteiger partial charge in [0.05, 0.1) is 19.4 Å².